The van der Waals surface area contributed by atoms with Crippen molar-refractivity contribution < 1.29 is 14.3 Å². The van der Waals surface area contributed by atoms with E-state index in [4.69, 9.17) is 9.47 Å². The van der Waals surface area contributed by atoms with Gasteiger partial charge in [0.05, 0.1) is 19.3 Å². The average Bonchev–Trinajstić information content (AvgIpc) is 2.69. The van der Waals surface area contributed by atoms with Crippen molar-refractivity contribution in [1.29, 1.82) is 0 Å². The monoisotopic (exact) mass is 497 g/mol. The molecule has 7 heteroatoms. The molecule has 2 aromatic carbocycles. The van der Waals surface area contributed by atoms with Gasteiger partial charge in [0.15, 0.2) is 5.96 Å². The standard InChI is InChI=1S/C21H27N3O3.HI/c1-5-27-20(25)17-10-7-16(8-11-17)13-23-21(22-3)24-14-18-9-6-15(2)12-19(18)26-4;/h6-12H,5,13-14H2,1-4H3,(H2,22,23,24);1H. The summed E-state index contributed by atoms with van der Waals surface area (Å²) in [5, 5.41) is 6.54. The van der Waals surface area contributed by atoms with Crippen molar-refractivity contribution in [3.8, 4) is 5.75 Å². The lowest BCUT2D eigenvalue weighted by atomic mass is 10.1. The smallest absolute Gasteiger partial charge is 0.338 e. The number of halogens is 1. The number of carbonyl (C=O) groups is 1. The molecule has 2 aromatic rings. The molecule has 0 fully saturated rings. The lowest BCUT2D eigenvalue weighted by molar-refractivity contribution is 0.0526. The van der Waals surface area contributed by atoms with Gasteiger partial charge in [0.1, 0.15) is 5.75 Å². The topological polar surface area (TPSA) is 72.0 Å². The molecule has 0 amide bonds. The third-order valence-electron chi connectivity index (χ3n) is 4.04. The Hall–Kier alpha value is -2.29. The zero-order valence-corrected chi connectivity index (χ0v) is 19.1. The van der Waals surface area contributed by atoms with Gasteiger partial charge in [-0.05, 0) is 43.2 Å². The van der Waals surface area contributed by atoms with Crippen LogP contribution in [-0.2, 0) is 17.8 Å². The average molecular weight is 497 g/mol. The quantitative estimate of drug-likeness (QED) is 0.265. The van der Waals surface area contributed by atoms with E-state index in [1.54, 1.807) is 33.2 Å². The fraction of sp³-hybridized carbons (Fsp3) is 0.333. The Labute approximate surface area is 183 Å². The first-order chi connectivity index (χ1) is 13.1. The van der Waals surface area contributed by atoms with E-state index in [0.29, 0.717) is 31.2 Å². The Balaban J connectivity index is 0.00000392. The van der Waals surface area contributed by atoms with Crippen molar-refractivity contribution in [1.82, 2.24) is 10.6 Å². The third kappa shape index (κ3) is 7.03. The molecule has 0 aliphatic rings. The second kappa shape index (κ2) is 12.2. The van der Waals surface area contributed by atoms with E-state index >= 15 is 0 Å². The highest BCUT2D eigenvalue weighted by atomic mass is 127. The number of benzene rings is 2. The number of nitrogens with zero attached hydrogens (tertiary/aromatic N) is 1. The highest BCUT2D eigenvalue weighted by Crippen LogP contribution is 2.19. The van der Waals surface area contributed by atoms with Crippen LogP contribution in [0.25, 0.3) is 0 Å². The van der Waals surface area contributed by atoms with Gasteiger partial charge in [0.2, 0.25) is 0 Å². The summed E-state index contributed by atoms with van der Waals surface area (Å²) in [6.07, 6.45) is 0. The van der Waals surface area contributed by atoms with Gasteiger partial charge in [-0.3, -0.25) is 4.99 Å². The molecule has 0 atom stereocenters. The number of aryl methyl sites for hydroxylation is 1. The zero-order chi connectivity index (χ0) is 19.6. The first kappa shape index (κ1) is 23.7. The van der Waals surface area contributed by atoms with Crippen molar-refractivity contribution in [3.05, 3.63) is 64.7 Å². The molecule has 0 unspecified atom stereocenters. The molecule has 0 aliphatic carbocycles. The molecule has 2 rings (SSSR count). The van der Waals surface area contributed by atoms with Crippen LogP contribution in [0, 0.1) is 6.92 Å². The second-order valence-corrected chi connectivity index (χ2v) is 6.01. The van der Waals surface area contributed by atoms with E-state index in [-0.39, 0.29) is 29.9 Å². The van der Waals surface area contributed by atoms with Gasteiger partial charge in [-0.25, -0.2) is 4.79 Å². The Morgan fingerprint density at radius 2 is 1.75 bits per heavy atom. The van der Waals surface area contributed by atoms with E-state index in [0.717, 1.165) is 22.4 Å². The van der Waals surface area contributed by atoms with Crippen LogP contribution < -0.4 is 15.4 Å². The maximum absolute atomic E-state index is 11.7. The van der Waals surface area contributed by atoms with Gasteiger partial charge in [-0.1, -0.05) is 24.3 Å². The Kier molecular flexibility index (Phi) is 10.4. The lowest BCUT2D eigenvalue weighted by Gasteiger charge is -2.14. The SMILES string of the molecule is CCOC(=O)c1ccc(CNC(=NC)NCc2ccc(C)cc2OC)cc1.I. The van der Waals surface area contributed by atoms with Crippen molar-refractivity contribution in [2.75, 3.05) is 20.8 Å². The van der Waals surface area contributed by atoms with Gasteiger partial charge in [-0.15, -0.1) is 24.0 Å². The molecule has 0 spiro atoms. The molecule has 0 bridgehead atoms. The molecular formula is C21H28IN3O3. The minimum absolute atomic E-state index is 0. The summed E-state index contributed by atoms with van der Waals surface area (Å²) in [5.41, 5.74) is 3.81. The molecule has 0 radical (unpaired) electrons. The van der Waals surface area contributed by atoms with E-state index in [9.17, 15) is 4.79 Å². The first-order valence-corrected chi connectivity index (χ1v) is 8.91. The largest absolute Gasteiger partial charge is 0.496 e. The number of nitrogens with one attached hydrogen (secondary N) is 2. The molecule has 2 N–H and O–H groups in total. The number of guanidine groups is 1. The van der Waals surface area contributed by atoms with Gasteiger partial charge >= 0.3 is 5.97 Å². The number of rotatable bonds is 7. The van der Waals surface area contributed by atoms with Crippen molar-refractivity contribution in [3.63, 3.8) is 0 Å². The summed E-state index contributed by atoms with van der Waals surface area (Å²) in [6, 6.07) is 13.4. The van der Waals surface area contributed by atoms with Crippen LogP contribution in [0.1, 0.15) is 34.0 Å². The highest BCUT2D eigenvalue weighted by molar-refractivity contribution is 14.0. The number of hydrogen-bond acceptors (Lipinski definition) is 4. The first-order valence-electron chi connectivity index (χ1n) is 8.91. The number of carbonyl (C=O) groups excluding carboxylic acids is 1. The normalized spacial score (nSPS) is 10.6. The van der Waals surface area contributed by atoms with Crippen LogP contribution in [0.15, 0.2) is 47.5 Å². The molecule has 0 aromatic heterocycles. The van der Waals surface area contributed by atoms with Crippen molar-refractivity contribution in [2.24, 2.45) is 4.99 Å². The second-order valence-electron chi connectivity index (χ2n) is 6.01. The number of aliphatic imine (C=N–C) groups is 1. The van der Waals surface area contributed by atoms with Crippen molar-refractivity contribution >= 4 is 35.9 Å². The van der Waals surface area contributed by atoms with E-state index in [1.807, 2.05) is 31.2 Å². The number of methoxy groups -OCH3 is 1. The minimum Gasteiger partial charge on any atom is -0.496 e. The van der Waals surface area contributed by atoms with Gasteiger partial charge in [-0.2, -0.15) is 0 Å². The Morgan fingerprint density at radius 3 is 2.36 bits per heavy atom. The molecule has 28 heavy (non-hydrogen) atoms. The summed E-state index contributed by atoms with van der Waals surface area (Å²) >= 11 is 0. The number of hydrogen-bond donors (Lipinski definition) is 2. The van der Waals surface area contributed by atoms with Crippen LogP contribution in [0.5, 0.6) is 5.75 Å². The van der Waals surface area contributed by atoms with Crippen molar-refractivity contribution in [2.45, 2.75) is 26.9 Å². The molecule has 0 saturated heterocycles. The fourth-order valence-corrected chi connectivity index (χ4v) is 2.56. The summed E-state index contributed by atoms with van der Waals surface area (Å²) in [6.45, 7) is 5.39. The summed E-state index contributed by atoms with van der Waals surface area (Å²) < 4.78 is 10.4. The van der Waals surface area contributed by atoms with Crippen LogP contribution in [0.3, 0.4) is 0 Å². The fourth-order valence-electron chi connectivity index (χ4n) is 2.56. The maximum Gasteiger partial charge on any atom is 0.338 e. The number of ether oxygens (including phenoxy) is 2. The molecule has 152 valence electrons. The van der Waals surface area contributed by atoms with Gasteiger partial charge in [0, 0.05) is 25.7 Å². The van der Waals surface area contributed by atoms with Crippen LogP contribution in [0.2, 0.25) is 0 Å². The van der Waals surface area contributed by atoms with Crippen LogP contribution >= 0.6 is 24.0 Å². The van der Waals surface area contributed by atoms with Crippen LogP contribution in [0.4, 0.5) is 0 Å². The number of esters is 1. The van der Waals surface area contributed by atoms with E-state index in [1.165, 1.54) is 0 Å². The van der Waals surface area contributed by atoms with E-state index < -0.39 is 0 Å². The lowest BCUT2D eigenvalue weighted by Crippen LogP contribution is -2.36. The zero-order valence-electron chi connectivity index (χ0n) is 16.7. The molecular weight excluding hydrogens is 469 g/mol. The maximum atomic E-state index is 11.7. The van der Waals surface area contributed by atoms with Gasteiger partial charge < -0.3 is 20.1 Å². The van der Waals surface area contributed by atoms with Gasteiger partial charge in [0.25, 0.3) is 0 Å². The molecule has 0 aliphatic heterocycles. The Bertz CT molecular complexity index is 792. The molecule has 6 nitrogen and oxygen atoms in total. The summed E-state index contributed by atoms with van der Waals surface area (Å²) in [4.78, 5) is 15.9. The predicted molar refractivity (Wildman–Crippen MR) is 123 cm³/mol. The third-order valence-corrected chi connectivity index (χ3v) is 4.04. The molecule has 0 heterocycles. The predicted octanol–water partition coefficient (Wildman–Crippen LogP) is 3.66. The Morgan fingerprint density at radius 1 is 1.07 bits per heavy atom. The van der Waals surface area contributed by atoms with Crippen LogP contribution in [-0.4, -0.2) is 32.7 Å². The minimum atomic E-state index is -0.304. The summed E-state index contributed by atoms with van der Waals surface area (Å²) in [7, 11) is 3.40. The molecule has 0 saturated carbocycles. The summed E-state index contributed by atoms with van der Waals surface area (Å²) in [5.74, 6) is 1.24. The highest BCUT2D eigenvalue weighted by Gasteiger charge is 2.07. The van der Waals surface area contributed by atoms with E-state index in [2.05, 4.69) is 21.7 Å².